The van der Waals surface area contributed by atoms with E-state index in [0.29, 0.717) is 13.2 Å². The van der Waals surface area contributed by atoms with E-state index in [9.17, 15) is 5.11 Å². The maximum Gasteiger partial charge on any atom is 0.228 e. The zero-order chi connectivity index (χ0) is 23.2. The van der Waals surface area contributed by atoms with Crippen LogP contribution in [0.15, 0.2) is 48.6 Å². The average molecular weight is 448 g/mol. The summed E-state index contributed by atoms with van der Waals surface area (Å²) in [6.07, 6.45) is 9.19. The highest BCUT2D eigenvalue weighted by Crippen LogP contribution is 2.50. The Labute approximate surface area is 196 Å². The van der Waals surface area contributed by atoms with Gasteiger partial charge in [-0.2, -0.15) is 0 Å². The second-order valence-corrected chi connectivity index (χ2v) is 10.2. The van der Waals surface area contributed by atoms with E-state index in [1.54, 1.807) is 19.2 Å². The topological polar surface area (TPSA) is 60.0 Å². The zero-order valence-electron chi connectivity index (χ0n) is 19.9. The normalized spacial score (nSPS) is 24.6. The van der Waals surface area contributed by atoms with E-state index in [0.717, 1.165) is 53.0 Å². The molecule has 1 unspecified atom stereocenters. The molecule has 0 aromatic heterocycles. The molecule has 2 aliphatic heterocycles. The van der Waals surface area contributed by atoms with E-state index < -0.39 is 6.29 Å². The summed E-state index contributed by atoms with van der Waals surface area (Å²) in [6.45, 7) is 7.69. The summed E-state index contributed by atoms with van der Waals surface area (Å²) in [4.78, 5) is 0. The van der Waals surface area contributed by atoms with Gasteiger partial charge in [0.2, 0.25) is 6.29 Å². The van der Waals surface area contributed by atoms with Gasteiger partial charge in [-0.05, 0) is 75.4 Å². The first-order chi connectivity index (χ1) is 15.8. The molecule has 0 fully saturated rings. The van der Waals surface area contributed by atoms with Crippen LogP contribution in [-0.2, 0) is 9.47 Å². The van der Waals surface area contributed by atoms with E-state index in [1.165, 1.54) is 5.57 Å². The van der Waals surface area contributed by atoms with Crippen LogP contribution >= 0.6 is 0 Å². The number of fused-ring (bicyclic) bond motifs is 5. The van der Waals surface area contributed by atoms with Crippen molar-refractivity contribution in [2.75, 3.05) is 25.6 Å². The predicted octanol–water partition coefficient (Wildman–Crippen LogP) is 6.45. The van der Waals surface area contributed by atoms with Gasteiger partial charge in [-0.1, -0.05) is 24.3 Å². The summed E-state index contributed by atoms with van der Waals surface area (Å²) in [5.74, 6) is 0.945. The van der Waals surface area contributed by atoms with Crippen LogP contribution in [0, 0.1) is 5.41 Å². The molecular weight excluding hydrogens is 414 g/mol. The van der Waals surface area contributed by atoms with Gasteiger partial charge in [-0.25, -0.2) is 0 Å². The molecule has 174 valence electrons. The van der Waals surface area contributed by atoms with Crippen LogP contribution in [0.4, 0.5) is 5.69 Å². The number of benzene rings is 2. The number of hydrogen-bond acceptors (Lipinski definition) is 5. The molecule has 2 N–H and O–H groups in total. The van der Waals surface area contributed by atoms with Gasteiger partial charge in [0.25, 0.3) is 0 Å². The van der Waals surface area contributed by atoms with Crippen LogP contribution in [0.2, 0.25) is 0 Å². The Morgan fingerprint density at radius 3 is 2.73 bits per heavy atom. The Morgan fingerprint density at radius 1 is 1.12 bits per heavy atom. The van der Waals surface area contributed by atoms with Crippen molar-refractivity contribution in [1.82, 2.24) is 0 Å². The lowest BCUT2D eigenvalue weighted by molar-refractivity contribution is -0.126. The molecule has 0 saturated carbocycles. The fraction of sp³-hybridized carbons (Fsp3) is 0.429. The molecule has 0 amide bonds. The highest BCUT2D eigenvalue weighted by molar-refractivity contribution is 5.89. The van der Waals surface area contributed by atoms with Crippen LogP contribution in [0.5, 0.6) is 11.5 Å². The van der Waals surface area contributed by atoms with E-state index in [2.05, 4.69) is 56.4 Å². The van der Waals surface area contributed by atoms with Gasteiger partial charge < -0.3 is 24.6 Å². The summed E-state index contributed by atoms with van der Waals surface area (Å²) in [6, 6.07) is 9.49. The van der Waals surface area contributed by atoms with Crippen LogP contribution in [0.3, 0.4) is 0 Å². The second-order valence-electron chi connectivity index (χ2n) is 10.2. The summed E-state index contributed by atoms with van der Waals surface area (Å²) in [5.41, 5.74) is 6.14. The molecule has 2 heterocycles. The van der Waals surface area contributed by atoms with Gasteiger partial charge in [0.05, 0.1) is 18.8 Å². The fourth-order valence-electron chi connectivity index (χ4n) is 5.55. The Kier molecular flexibility index (Phi) is 5.50. The molecule has 33 heavy (non-hydrogen) atoms. The van der Waals surface area contributed by atoms with Gasteiger partial charge in [-0.3, -0.25) is 0 Å². The summed E-state index contributed by atoms with van der Waals surface area (Å²) < 4.78 is 18.6. The lowest BCUT2D eigenvalue weighted by atomic mass is 9.78. The Balaban J connectivity index is 1.58. The Hall–Kier alpha value is -2.76. The smallest absolute Gasteiger partial charge is 0.228 e. The molecule has 0 saturated heterocycles. The van der Waals surface area contributed by atoms with E-state index in [4.69, 9.17) is 14.2 Å². The number of anilines is 1. The molecular formula is C28H33NO4. The third-order valence-corrected chi connectivity index (χ3v) is 6.95. The number of hydrogen-bond donors (Lipinski definition) is 2. The van der Waals surface area contributed by atoms with Gasteiger partial charge in [0, 0.05) is 34.9 Å². The lowest BCUT2D eigenvalue weighted by Crippen LogP contribution is -2.35. The first-order valence-electron chi connectivity index (χ1n) is 11.7. The van der Waals surface area contributed by atoms with Crippen molar-refractivity contribution in [2.24, 2.45) is 5.41 Å². The molecule has 5 nitrogen and oxygen atoms in total. The van der Waals surface area contributed by atoms with E-state index in [-0.39, 0.29) is 16.7 Å². The van der Waals surface area contributed by atoms with Gasteiger partial charge in [0.1, 0.15) is 11.5 Å². The first-order valence-corrected chi connectivity index (χ1v) is 11.7. The SMILES string of the molecule is COCC1(CO[C@H]2Oc3ccc(O)cc3-c3ccc4c(c32)C(C)=CC(C)(C)N4)CC=CCC1. The summed E-state index contributed by atoms with van der Waals surface area (Å²) in [5, 5.41) is 13.8. The molecule has 1 aliphatic carbocycles. The predicted molar refractivity (Wildman–Crippen MR) is 132 cm³/mol. The van der Waals surface area contributed by atoms with Crippen LogP contribution in [0.25, 0.3) is 16.7 Å². The van der Waals surface area contributed by atoms with Crippen LogP contribution < -0.4 is 10.1 Å². The highest BCUT2D eigenvalue weighted by Gasteiger charge is 2.37. The average Bonchev–Trinajstić information content (AvgIpc) is 2.77. The van der Waals surface area contributed by atoms with Crippen molar-refractivity contribution in [2.45, 2.75) is 51.9 Å². The van der Waals surface area contributed by atoms with Crippen LogP contribution in [-0.4, -0.2) is 31.0 Å². The van der Waals surface area contributed by atoms with Crippen LogP contribution in [0.1, 0.15) is 57.5 Å². The van der Waals surface area contributed by atoms with E-state index in [1.807, 2.05) is 6.07 Å². The standard InChI is InChI=1S/C28H33NO4/c1-18-15-27(2,3)29-22-10-9-20-21-14-19(30)8-11-23(21)33-26(25(20)24(18)22)32-17-28(16-31-4)12-6-5-7-13-28/h5-6,8-11,14-15,26,29-30H,7,12-13,16-17H2,1-4H3/t26-,28?/m0/s1. The van der Waals surface area contributed by atoms with Crippen molar-refractivity contribution < 1.29 is 19.3 Å². The van der Waals surface area contributed by atoms with Gasteiger partial charge >= 0.3 is 0 Å². The Bertz CT molecular complexity index is 1130. The maximum atomic E-state index is 10.2. The molecule has 0 radical (unpaired) electrons. The third-order valence-electron chi connectivity index (χ3n) is 6.95. The number of phenolic OH excluding ortho intramolecular Hbond substituents is 1. The number of nitrogens with one attached hydrogen (secondary N) is 1. The number of aromatic hydroxyl groups is 1. The quantitative estimate of drug-likeness (QED) is 0.516. The molecule has 5 heteroatoms. The highest BCUT2D eigenvalue weighted by atomic mass is 16.7. The number of phenols is 1. The van der Waals surface area contributed by atoms with Gasteiger partial charge in [0.15, 0.2) is 0 Å². The molecule has 2 aromatic carbocycles. The zero-order valence-corrected chi connectivity index (χ0v) is 19.9. The number of allylic oxidation sites excluding steroid dienone is 3. The molecule has 3 aliphatic rings. The summed E-state index contributed by atoms with van der Waals surface area (Å²) in [7, 11) is 1.76. The summed E-state index contributed by atoms with van der Waals surface area (Å²) >= 11 is 0. The molecule has 5 rings (SSSR count). The van der Waals surface area contributed by atoms with Gasteiger partial charge in [-0.15, -0.1) is 0 Å². The number of ether oxygens (including phenoxy) is 3. The maximum absolute atomic E-state index is 10.2. The van der Waals surface area contributed by atoms with Crippen molar-refractivity contribution in [1.29, 1.82) is 0 Å². The van der Waals surface area contributed by atoms with Crippen molar-refractivity contribution in [3.8, 4) is 22.6 Å². The molecule has 2 atom stereocenters. The number of rotatable bonds is 5. The second kappa shape index (κ2) is 8.23. The van der Waals surface area contributed by atoms with Crippen molar-refractivity contribution >= 4 is 11.3 Å². The molecule has 2 aromatic rings. The first kappa shape index (κ1) is 22.1. The number of methoxy groups -OCH3 is 1. The minimum Gasteiger partial charge on any atom is -0.508 e. The van der Waals surface area contributed by atoms with Crippen molar-refractivity contribution in [3.05, 3.63) is 59.7 Å². The Morgan fingerprint density at radius 2 is 1.97 bits per heavy atom. The third kappa shape index (κ3) is 4.04. The van der Waals surface area contributed by atoms with Crippen molar-refractivity contribution in [3.63, 3.8) is 0 Å². The lowest BCUT2D eigenvalue weighted by Gasteiger charge is -2.39. The molecule has 0 bridgehead atoms. The monoisotopic (exact) mass is 447 g/mol. The van der Waals surface area contributed by atoms with E-state index >= 15 is 0 Å². The fourth-order valence-corrected chi connectivity index (χ4v) is 5.55. The minimum absolute atomic E-state index is 0.0533. The largest absolute Gasteiger partial charge is 0.508 e. The molecule has 0 spiro atoms. The minimum atomic E-state index is -0.544.